The van der Waals surface area contributed by atoms with E-state index in [1.54, 1.807) is 30.6 Å². The van der Waals surface area contributed by atoms with Crippen LogP contribution in [0.2, 0.25) is 0 Å². The molecular weight excluding hydrogens is 423 g/mol. The molecule has 9 heteroatoms. The highest BCUT2D eigenvalue weighted by Crippen LogP contribution is 2.27. The Morgan fingerprint density at radius 3 is 2.36 bits per heavy atom. The molecule has 2 N–H and O–H groups in total. The van der Waals surface area contributed by atoms with Crippen molar-refractivity contribution in [3.63, 3.8) is 0 Å². The third kappa shape index (κ3) is 5.65. The maximum atomic E-state index is 14.3. The predicted octanol–water partition coefficient (Wildman–Crippen LogP) is 2.70. The van der Waals surface area contributed by atoms with E-state index in [0.717, 1.165) is 50.9 Å². The molecule has 2 aliphatic heterocycles. The van der Waals surface area contributed by atoms with Crippen molar-refractivity contribution in [1.29, 1.82) is 0 Å². The smallest absolute Gasteiger partial charge is 0.225 e. The normalized spacial score (nSPS) is 19.0. The summed E-state index contributed by atoms with van der Waals surface area (Å²) < 4.78 is 14.3. The van der Waals surface area contributed by atoms with E-state index in [1.807, 2.05) is 4.90 Å². The van der Waals surface area contributed by atoms with Gasteiger partial charge in [0, 0.05) is 55.0 Å². The van der Waals surface area contributed by atoms with E-state index in [4.69, 9.17) is 10.6 Å². The minimum atomic E-state index is -0.302. The van der Waals surface area contributed by atoms with Crippen LogP contribution < -0.4 is 5.73 Å². The summed E-state index contributed by atoms with van der Waals surface area (Å²) in [5.41, 5.74) is 7.68. The van der Waals surface area contributed by atoms with Gasteiger partial charge in [-0.15, -0.1) is 0 Å². The zero-order valence-corrected chi connectivity index (χ0v) is 19.0. The fourth-order valence-electron chi connectivity index (χ4n) is 4.79. The van der Waals surface area contributed by atoms with Crippen molar-refractivity contribution in [3.8, 4) is 0 Å². The van der Waals surface area contributed by atoms with Gasteiger partial charge in [0.05, 0.1) is 5.71 Å². The molecule has 2 saturated heterocycles. The largest absolute Gasteiger partial charge is 0.399 e. The van der Waals surface area contributed by atoms with Crippen LogP contribution in [-0.4, -0.2) is 64.7 Å². The quantitative estimate of drug-likeness (QED) is 0.533. The number of likely N-dealkylation sites (tertiary alicyclic amines) is 2. The number of benzene rings is 1. The Labute approximate surface area is 193 Å². The summed E-state index contributed by atoms with van der Waals surface area (Å²) in [6.07, 6.45) is 6.70. The van der Waals surface area contributed by atoms with Crippen molar-refractivity contribution in [2.75, 3.05) is 39.0 Å². The number of hydrogen-bond donors (Lipinski definition) is 1. The molecule has 8 nitrogen and oxygen atoms in total. The number of nitrogens with zero attached hydrogens (tertiary/aromatic N) is 5. The van der Waals surface area contributed by atoms with E-state index in [0.29, 0.717) is 24.4 Å². The number of anilines is 1. The number of nitrogen functional groups attached to an aromatic ring is 1. The number of carbonyl (C=O) groups excluding carboxylic acids is 1. The number of oxime groups is 1. The van der Waals surface area contributed by atoms with Crippen molar-refractivity contribution in [3.05, 3.63) is 53.6 Å². The van der Waals surface area contributed by atoms with Gasteiger partial charge in [-0.05, 0) is 44.8 Å². The lowest BCUT2D eigenvalue weighted by Gasteiger charge is -2.37. The highest BCUT2D eigenvalue weighted by atomic mass is 19.1. The molecular formula is C24H31FN6O2. The van der Waals surface area contributed by atoms with E-state index < -0.39 is 0 Å². The van der Waals surface area contributed by atoms with Gasteiger partial charge in [0.2, 0.25) is 11.9 Å². The molecule has 33 heavy (non-hydrogen) atoms. The first-order chi connectivity index (χ1) is 16.0. The number of piperidine rings is 2. The summed E-state index contributed by atoms with van der Waals surface area (Å²) in [4.78, 5) is 30.5. The lowest BCUT2D eigenvalue weighted by atomic mass is 9.87. The third-order valence-corrected chi connectivity index (χ3v) is 6.60. The van der Waals surface area contributed by atoms with Crippen LogP contribution in [0.4, 0.5) is 10.3 Å². The van der Waals surface area contributed by atoms with E-state index in [2.05, 4.69) is 20.0 Å². The molecule has 0 unspecified atom stereocenters. The number of halogens is 1. The molecule has 4 rings (SSSR count). The zero-order chi connectivity index (χ0) is 23.2. The van der Waals surface area contributed by atoms with Crippen LogP contribution in [0, 0.1) is 17.7 Å². The van der Waals surface area contributed by atoms with E-state index in [1.165, 1.54) is 13.2 Å². The summed E-state index contributed by atoms with van der Waals surface area (Å²) in [6.45, 7) is 3.82. The summed E-state index contributed by atoms with van der Waals surface area (Å²) in [5.74, 6) is 0.333. The fraction of sp³-hybridized carbons (Fsp3) is 0.500. The average Bonchev–Trinajstić information content (AvgIpc) is 2.85. The lowest BCUT2D eigenvalue weighted by Crippen LogP contribution is -2.46. The average molecular weight is 455 g/mol. The van der Waals surface area contributed by atoms with Crippen molar-refractivity contribution in [2.24, 2.45) is 17.0 Å². The molecule has 1 aromatic carbocycles. The Balaban J connectivity index is 1.28. The summed E-state index contributed by atoms with van der Waals surface area (Å²) in [7, 11) is 1.48. The van der Waals surface area contributed by atoms with Gasteiger partial charge < -0.3 is 15.5 Å². The third-order valence-electron chi connectivity index (χ3n) is 6.60. The second kappa shape index (κ2) is 10.7. The second-order valence-corrected chi connectivity index (χ2v) is 8.74. The molecule has 0 atom stereocenters. The monoisotopic (exact) mass is 454 g/mol. The molecule has 0 bridgehead atoms. The minimum Gasteiger partial charge on any atom is -0.399 e. The highest BCUT2D eigenvalue weighted by Gasteiger charge is 2.33. The second-order valence-electron chi connectivity index (χ2n) is 8.74. The minimum absolute atomic E-state index is 0.0548. The van der Waals surface area contributed by atoms with E-state index >= 15 is 0 Å². The van der Waals surface area contributed by atoms with Gasteiger partial charge in [-0.1, -0.05) is 23.4 Å². The summed E-state index contributed by atoms with van der Waals surface area (Å²) >= 11 is 0. The Kier molecular flexibility index (Phi) is 7.49. The van der Waals surface area contributed by atoms with Crippen molar-refractivity contribution < 1.29 is 14.0 Å². The number of hydrogen-bond acceptors (Lipinski definition) is 7. The van der Waals surface area contributed by atoms with Crippen LogP contribution in [0.15, 0.2) is 41.8 Å². The molecule has 2 aliphatic rings. The fourth-order valence-corrected chi connectivity index (χ4v) is 4.79. The first kappa shape index (κ1) is 23.1. The molecule has 0 saturated carbocycles. The Hall–Kier alpha value is -3.07. The molecule has 0 spiro atoms. The molecule has 2 fully saturated rings. The Morgan fingerprint density at radius 2 is 1.73 bits per heavy atom. The molecule has 1 amide bonds. The topological polar surface area (TPSA) is 96.9 Å². The van der Waals surface area contributed by atoms with Gasteiger partial charge in [0.15, 0.2) is 0 Å². The van der Waals surface area contributed by atoms with E-state index in [9.17, 15) is 9.18 Å². The van der Waals surface area contributed by atoms with Crippen molar-refractivity contribution in [1.82, 2.24) is 19.8 Å². The number of carbonyl (C=O) groups is 1. The SMILES string of the molecule is CON=C(c1ccccc1F)C1CCN(C(=O)C2CCN(Cc3cnc(N)nc3)CC2)CC1. The van der Waals surface area contributed by atoms with Gasteiger partial charge in [-0.25, -0.2) is 14.4 Å². The van der Waals surface area contributed by atoms with Crippen LogP contribution in [0.3, 0.4) is 0 Å². The first-order valence-corrected chi connectivity index (χ1v) is 11.5. The summed E-state index contributed by atoms with van der Waals surface area (Å²) in [6, 6.07) is 6.63. The standard InChI is InChI=1S/C24H31FN6O2/c1-33-29-22(20-4-2-3-5-21(20)25)18-8-12-31(13-9-18)23(32)19-6-10-30(11-7-19)16-17-14-27-24(26)28-15-17/h2-5,14-15,18-19H,6-13,16H2,1H3,(H2,26,27,28). The van der Waals surface area contributed by atoms with Crippen molar-refractivity contribution >= 4 is 17.6 Å². The molecule has 0 aliphatic carbocycles. The van der Waals surface area contributed by atoms with Crippen LogP contribution in [0.25, 0.3) is 0 Å². The Morgan fingerprint density at radius 1 is 1.09 bits per heavy atom. The first-order valence-electron chi connectivity index (χ1n) is 11.5. The van der Waals surface area contributed by atoms with Gasteiger partial charge >= 0.3 is 0 Å². The van der Waals surface area contributed by atoms with Crippen LogP contribution in [-0.2, 0) is 16.2 Å². The van der Waals surface area contributed by atoms with Crippen LogP contribution in [0.1, 0.15) is 36.8 Å². The molecule has 0 radical (unpaired) electrons. The number of rotatable bonds is 6. The lowest BCUT2D eigenvalue weighted by molar-refractivity contribution is -0.138. The Bertz CT molecular complexity index is 967. The molecule has 2 aromatic rings. The number of nitrogens with two attached hydrogens (primary N) is 1. The molecule has 1 aromatic heterocycles. The molecule has 3 heterocycles. The van der Waals surface area contributed by atoms with Gasteiger partial charge in [-0.2, -0.15) is 0 Å². The molecule has 176 valence electrons. The van der Waals surface area contributed by atoms with Gasteiger partial charge in [-0.3, -0.25) is 9.69 Å². The van der Waals surface area contributed by atoms with Gasteiger partial charge in [0.25, 0.3) is 0 Å². The van der Waals surface area contributed by atoms with Crippen LogP contribution >= 0.6 is 0 Å². The van der Waals surface area contributed by atoms with Gasteiger partial charge in [0.1, 0.15) is 12.9 Å². The zero-order valence-electron chi connectivity index (χ0n) is 19.0. The maximum Gasteiger partial charge on any atom is 0.225 e. The summed E-state index contributed by atoms with van der Waals surface area (Å²) in [5, 5.41) is 4.14. The maximum absolute atomic E-state index is 14.3. The van der Waals surface area contributed by atoms with Crippen LogP contribution in [0.5, 0.6) is 0 Å². The number of amides is 1. The van der Waals surface area contributed by atoms with Crippen molar-refractivity contribution in [2.45, 2.75) is 32.2 Å². The predicted molar refractivity (Wildman–Crippen MR) is 124 cm³/mol. The number of aromatic nitrogens is 2. The van der Waals surface area contributed by atoms with E-state index in [-0.39, 0.29) is 29.5 Å². The highest BCUT2D eigenvalue weighted by molar-refractivity contribution is 6.02.